The van der Waals surface area contributed by atoms with Crippen LogP contribution in [0.5, 0.6) is 0 Å². The number of carbonyl (C=O) groups is 1. The Bertz CT molecular complexity index is 1510. The second kappa shape index (κ2) is 44.5. The van der Waals surface area contributed by atoms with Gasteiger partial charge in [0.1, 0.15) is 54.9 Å². The van der Waals surface area contributed by atoms with Crippen LogP contribution in [0.1, 0.15) is 174 Å². The van der Waals surface area contributed by atoms with E-state index in [0.717, 1.165) is 103 Å². The van der Waals surface area contributed by atoms with Gasteiger partial charge in [0.15, 0.2) is 12.6 Å². The minimum absolute atomic E-state index is 0.0450. The number of esters is 1. The van der Waals surface area contributed by atoms with Gasteiger partial charge in [-0.05, 0) is 83.5 Å². The summed E-state index contributed by atoms with van der Waals surface area (Å²) < 4.78 is 34.3. The van der Waals surface area contributed by atoms with E-state index in [-0.39, 0.29) is 19.6 Å². The summed E-state index contributed by atoms with van der Waals surface area (Å²) in [7, 11) is 0. The molecule has 0 aliphatic carbocycles. The van der Waals surface area contributed by atoms with E-state index >= 15 is 0 Å². The van der Waals surface area contributed by atoms with Gasteiger partial charge in [-0.15, -0.1) is 0 Å². The predicted octanol–water partition coefficient (Wildman–Crippen LogP) is 9.24. The first-order valence-electron chi connectivity index (χ1n) is 27.7. The summed E-state index contributed by atoms with van der Waals surface area (Å²) in [6, 6.07) is 0. The van der Waals surface area contributed by atoms with Gasteiger partial charge in [0.2, 0.25) is 0 Å². The normalized spacial score (nSPS) is 25.8. The van der Waals surface area contributed by atoms with E-state index in [4.69, 9.17) is 28.4 Å². The first-order valence-corrected chi connectivity index (χ1v) is 27.7. The monoisotopic (exact) mass is 1020 g/mol. The highest BCUT2D eigenvalue weighted by atomic mass is 16.7. The number of rotatable bonds is 43. The minimum atomic E-state index is -1.72. The number of allylic oxidation sites excluding steroid dienone is 14. The Kier molecular flexibility index (Phi) is 40.3. The Morgan fingerprint density at radius 3 is 1.42 bits per heavy atom. The molecule has 0 aromatic carbocycles. The molecule has 414 valence electrons. The zero-order valence-electron chi connectivity index (χ0n) is 44.1. The van der Waals surface area contributed by atoms with Crippen molar-refractivity contribution in [3.05, 3.63) is 85.1 Å². The lowest BCUT2D eigenvalue weighted by Gasteiger charge is -2.42. The quantitative estimate of drug-likeness (QED) is 0.0172. The van der Waals surface area contributed by atoms with Crippen LogP contribution in [0.3, 0.4) is 0 Å². The van der Waals surface area contributed by atoms with Crippen LogP contribution in [0, 0.1) is 0 Å². The number of hydrogen-bond donors (Lipinski definition) is 7. The highest BCUT2D eigenvalue weighted by Crippen LogP contribution is 2.26. The number of carbonyl (C=O) groups excluding carboxylic acids is 1. The maximum absolute atomic E-state index is 13.0. The van der Waals surface area contributed by atoms with E-state index in [1.165, 1.54) is 44.9 Å². The van der Waals surface area contributed by atoms with Gasteiger partial charge in [0, 0.05) is 13.0 Å². The molecule has 72 heavy (non-hydrogen) atoms. The van der Waals surface area contributed by atoms with Crippen LogP contribution in [0.4, 0.5) is 0 Å². The summed E-state index contributed by atoms with van der Waals surface area (Å²) in [5, 5.41) is 72.2. The fourth-order valence-corrected chi connectivity index (χ4v) is 8.15. The van der Waals surface area contributed by atoms with Gasteiger partial charge in [-0.25, -0.2) is 0 Å². The molecule has 0 amide bonds. The van der Waals surface area contributed by atoms with Crippen molar-refractivity contribution in [2.75, 3.05) is 33.0 Å². The van der Waals surface area contributed by atoms with Crippen molar-refractivity contribution in [1.29, 1.82) is 0 Å². The molecule has 14 nitrogen and oxygen atoms in total. The molecular formula is C58H98O14. The molecule has 0 bridgehead atoms. The second-order valence-corrected chi connectivity index (χ2v) is 19.0. The smallest absolute Gasteiger partial charge is 0.306 e. The maximum Gasteiger partial charge on any atom is 0.306 e. The van der Waals surface area contributed by atoms with Gasteiger partial charge >= 0.3 is 5.97 Å². The first kappa shape index (κ1) is 65.3. The van der Waals surface area contributed by atoms with Crippen molar-refractivity contribution in [2.45, 2.75) is 242 Å². The lowest BCUT2D eigenvalue weighted by molar-refractivity contribution is -0.332. The van der Waals surface area contributed by atoms with Gasteiger partial charge in [0.25, 0.3) is 0 Å². The van der Waals surface area contributed by atoms with Crippen LogP contribution in [-0.4, -0.2) is 142 Å². The maximum atomic E-state index is 13.0. The first-order chi connectivity index (χ1) is 35.1. The Labute approximate surface area is 433 Å². The lowest BCUT2D eigenvalue weighted by atomic mass is 9.98. The fraction of sp³-hybridized carbons (Fsp3) is 0.741. The molecule has 14 heteroatoms. The molecule has 2 aliphatic heterocycles. The van der Waals surface area contributed by atoms with E-state index < -0.39 is 86.7 Å². The van der Waals surface area contributed by atoms with Gasteiger partial charge in [-0.2, -0.15) is 0 Å². The van der Waals surface area contributed by atoms with Crippen molar-refractivity contribution >= 4 is 5.97 Å². The van der Waals surface area contributed by atoms with Crippen LogP contribution in [0.25, 0.3) is 0 Å². The molecule has 2 rings (SSSR count). The molecule has 0 spiro atoms. The minimum Gasteiger partial charge on any atom is -0.457 e. The van der Waals surface area contributed by atoms with Crippen LogP contribution < -0.4 is 0 Å². The number of aliphatic hydroxyl groups is 7. The molecule has 2 fully saturated rings. The number of aliphatic hydroxyl groups excluding tert-OH is 7. The molecule has 2 heterocycles. The highest BCUT2D eigenvalue weighted by Gasteiger charge is 2.47. The van der Waals surface area contributed by atoms with Crippen molar-refractivity contribution in [2.24, 2.45) is 0 Å². The lowest BCUT2D eigenvalue weighted by Crippen LogP contribution is -2.61. The molecule has 11 unspecified atom stereocenters. The Balaban J connectivity index is 1.73. The fourth-order valence-electron chi connectivity index (χ4n) is 8.15. The van der Waals surface area contributed by atoms with Gasteiger partial charge in [0.05, 0.1) is 26.4 Å². The van der Waals surface area contributed by atoms with Gasteiger partial charge in [-0.1, -0.05) is 170 Å². The summed E-state index contributed by atoms with van der Waals surface area (Å²) in [6.07, 6.45) is 40.7. The number of ether oxygens (including phenoxy) is 6. The average molecular weight is 1020 g/mol. The van der Waals surface area contributed by atoms with Crippen molar-refractivity contribution in [1.82, 2.24) is 0 Å². The predicted molar refractivity (Wildman–Crippen MR) is 284 cm³/mol. The van der Waals surface area contributed by atoms with Crippen LogP contribution in [-0.2, 0) is 33.2 Å². The van der Waals surface area contributed by atoms with Gasteiger partial charge in [-0.3, -0.25) is 4.79 Å². The Morgan fingerprint density at radius 1 is 0.472 bits per heavy atom. The average Bonchev–Trinajstić information content (AvgIpc) is 3.38. The van der Waals surface area contributed by atoms with E-state index in [9.17, 15) is 40.5 Å². The van der Waals surface area contributed by atoms with Crippen molar-refractivity contribution < 1.29 is 69.0 Å². The summed E-state index contributed by atoms with van der Waals surface area (Å²) >= 11 is 0. The zero-order valence-corrected chi connectivity index (χ0v) is 44.1. The molecule has 0 saturated carbocycles. The Hall–Kier alpha value is -2.83. The number of unbranched alkanes of at least 4 members (excludes halogenated alkanes) is 15. The summed E-state index contributed by atoms with van der Waals surface area (Å²) in [4.78, 5) is 13.0. The second-order valence-electron chi connectivity index (χ2n) is 19.0. The zero-order chi connectivity index (χ0) is 52.3. The third kappa shape index (κ3) is 31.1. The molecule has 0 aromatic heterocycles. The molecule has 11 atom stereocenters. The van der Waals surface area contributed by atoms with Crippen LogP contribution in [0.2, 0.25) is 0 Å². The van der Waals surface area contributed by atoms with E-state index in [1.54, 1.807) is 0 Å². The van der Waals surface area contributed by atoms with Crippen molar-refractivity contribution in [3.8, 4) is 0 Å². The van der Waals surface area contributed by atoms with E-state index in [1.807, 2.05) is 0 Å². The molecule has 0 radical (unpaired) electrons. The topological polar surface area (TPSA) is 214 Å². The molecule has 0 aromatic rings. The Morgan fingerprint density at radius 2 is 0.903 bits per heavy atom. The summed E-state index contributed by atoms with van der Waals surface area (Å²) in [6.45, 7) is 3.48. The molecule has 2 aliphatic rings. The highest BCUT2D eigenvalue weighted by molar-refractivity contribution is 5.69. The van der Waals surface area contributed by atoms with Crippen LogP contribution >= 0.6 is 0 Å². The third-order valence-corrected chi connectivity index (χ3v) is 12.6. The molecule has 2 saturated heterocycles. The van der Waals surface area contributed by atoms with E-state index in [2.05, 4.69) is 98.9 Å². The van der Waals surface area contributed by atoms with E-state index in [0.29, 0.717) is 13.0 Å². The van der Waals surface area contributed by atoms with Crippen molar-refractivity contribution in [3.63, 3.8) is 0 Å². The summed E-state index contributed by atoms with van der Waals surface area (Å²) in [5.41, 5.74) is 0. The SMILES string of the molecule is CC/C=C\C/C=C\C/C=C\C/C=C\C/C=C\CCCCCCCCCCOCC(COC1OC(COC2OC(CO)C(O)C(O)C2O)C(O)C(O)C1O)OC(=O)CCCCCCC/C=C\C/C=C\CCCC. The van der Waals surface area contributed by atoms with Crippen LogP contribution in [0.15, 0.2) is 85.1 Å². The third-order valence-electron chi connectivity index (χ3n) is 12.6. The van der Waals surface area contributed by atoms with Gasteiger partial charge < -0.3 is 64.2 Å². The largest absolute Gasteiger partial charge is 0.457 e. The molecular weight excluding hydrogens is 921 g/mol. The standard InChI is InChI=1S/C58H98O14/c1-3-5-7-9-11-13-15-17-19-20-21-22-23-24-25-26-27-28-30-32-34-36-38-40-42-67-44-47(70-50(60)41-39-37-35-33-31-29-18-16-14-12-10-8-6-4-2)45-68-57-56(66)54(64)52(62)49(72-57)46-69-58-55(65)53(63)51(61)48(43-59)71-58/h5,7,10-13,16-19,21-22,24-25,47-49,51-59,61-66H,3-4,6,8-9,14-15,20,23,26-46H2,1-2H3/b7-5-,12-10-,13-11-,18-16-,19-17-,22-21-,25-24-. The number of hydrogen-bond acceptors (Lipinski definition) is 14. The molecule has 7 N–H and O–H groups in total. The summed E-state index contributed by atoms with van der Waals surface area (Å²) in [5.74, 6) is -0.397.